The van der Waals surface area contributed by atoms with Crippen LogP contribution in [0.5, 0.6) is 0 Å². The first-order valence-corrected chi connectivity index (χ1v) is 6.83. The summed E-state index contributed by atoms with van der Waals surface area (Å²) < 4.78 is 0. The Morgan fingerprint density at radius 1 is 1.40 bits per heavy atom. The van der Waals surface area contributed by atoms with E-state index in [0.717, 1.165) is 33.6 Å². The maximum atomic E-state index is 5.62. The lowest BCUT2D eigenvalue weighted by Crippen LogP contribution is -1.84. The number of aromatic nitrogens is 3. The average Bonchev–Trinajstić information content (AvgIpc) is 2.83. The van der Waals surface area contributed by atoms with Crippen molar-refractivity contribution in [1.82, 2.24) is 15.2 Å². The fourth-order valence-corrected chi connectivity index (χ4v) is 2.79. The van der Waals surface area contributed by atoms with Crippen LogP contribution in [0.1, 0.15) is 16.4 Å². The monoisotopic (exact) mass is 259 g/mol. The van der Waals surface area contributed by atoms with Crippen LogP contribution >= 0.6 is 34.3 Å². The molecule has 0 saturated heterocycles. The molecule has 0 saturated carbocycles. The average molecular weight is 260 g/mol. The van der Waals surface area contributed by atoms with E-state index in [9.17, 15) is 0 Å². The number of thiazole rings is 1. The SMILES string of the molecule is Cc1nc(-c2nnc(CCCCl)s2)cs1. The standard InChI is InChI=1S/C9H10ClN3S2/c1-6-11-7(5-14-6)9-13-12-8(15-9)3-2-4-10/h5H,2-4H2,1H3. The highest BCUT2D eigenvalue weighted by Gasteiger charge is 2.08. The molecule has 0 aliphatic carbocycles. The molecular formula is C9H10ClN3S2. The van der Waals surface area contributed by atoms with Crippen molar-refractivity contribution in [3.8, 4) is 10.7 Å². The summed E-state index contributed by atoms with van der Waals surface area (Å²) in [5, 5.41) is 13.3. The summed E-state index contributed by atoms with van der Waals surface area (Å²) in [5.74, 6) is 0.671. The zero-order chi connectivity index (χ0) is 10.7. The normalized spacial score (nSPS) is 10.8. The van der Waals surface area contributed by atoms with Gasteiger partial charge in [-0.1, -0.05) is 11.3 Å². The molecular weight excluding hydrogens is 250 g/mol. The molecule has 0 radical (unpaired) electrons. The maximum Gasteiger partial charge on any atom is 0.167 e. The van der Waals surface area contributed by atoms with Gasteiger partial charge in [-0.25, -0.2) is 4.98 Å². The van der Waals surface area contributed by atoms with Gasteiger partial charge in [0.1, 0.15) is 10.7 Å². The molecule has 0 amide bonds. The zero-order valence-corrected chi connectivity index (χ0v) is 10.6. The quantitative estimate of drug-likeness (QED) is 0.792. The number of alkyl halides is 1. The van der Waals surface area contributed by atoms with Crippen molar-refractivity contribution in [2.75, 3.05) is 5.88 Å². The van der Waals surface area contributed by atoms with Gasteiger partial charge in [-0.2, -0.15) is 0 Å². The van der Waals surface area contributed by atoms with Crippen LogP contribution in [-0.4, -0.2) is 21.1 Å². The molecule has 0 spiro atoms. The minimum atomic E-state index is 0.671. The third-order valence-corrected chi connectivity index (χ3v) is 3.88. The number of nitrogens with zero attached hydrogens (tertiary/aromatic N) is 3. The molecule has 3 nitrogen and oxygen atoms in total. The van der Waals surface area contributed by atoms with Crippen molar-refractivity contribution in [2.45, 2.75) is 19.8 Å². The van der Waals surface area contributed by atoms with Gasteiger partial charge in [-0.15, -0.1) is 33.1 Å². The first kappa shape index (κ1) is 11.0. The second kappa shape index (κ2) is 5.01. The van der Waals surface area contributed by atoms with Gasteiger partial charge < -0.3 is 0 Å². The Bertz CT molecular complexity index is 438. The summed E-state index contributed by atoms with van der Waals surface area (Å²) in [4.78, 5) is 4.37. The molecule has 0 atom stereocenters. The largest absolute Gasteiger partial charge is 0.239 e. The second-order valence-electron chi connectivity index (χ2n) is 3.05. The summed E-state index contributed by atoms with van der Waals surface area (Å²) in [6, 6.07) is 0. The van der Waals surface area contributed by atoms with E-state index in [1.165, 1.54) is 0 Å². The summed E-state index contributed by atoms with van der Waals surface area (Å²) in [7, 11) is 0. The van der Waals surface area contributed by atoms with E-state index in [1.807, 2.05) is 12.3 Å². The van der Waals surface area contributed by atoms with Gasteiger partial charge in [0.25, 0.3) is 0 Å². The van der Waals surface area contributed by atoms with Crippen LogP contribution in [0.3, 0.4) is 0 Å². The Kier molecular flexibility index (Phi) is 3.66. The van der Waals surface area contributed by atoms with Crippen LogP contribution in [-0.2, 0) is 6.42 Å². The zero-order valence-electron chi connectivity index (χ0n) is 8.23. The van der Waals surface area contributed by atoms with Crippen LogP contribution in [0.15, 0.2) is 5.38 Å². The van der Waals surface area contributed by atoms with Crippen molar-refractivity contribution < 1.29 is 0 Å². The molecule has 2 aromatic heterocycles. The third kappa shape index (κ3) is 2.74. The molecule has 15 heavy (non-hydrogen) atoms. The lowest BCUT2D eigenvalue weighted by molar-refractivity contribution is 0.883. The van der Waals surface area contributed by atoms with Gasteiger partial charge in [0, 0.05) is 17.7 Å². The number of halogens is 1. The number of aryl methyl sites for hydroxylation is 2. The van der Waals surface area contributed by atoms with E-state index in [2.05, 4.69) is 15.2 Å². The smallest absolute Gasteiger partial charge is 0.167 e. The fraction of sp³-hybridized carbons (Fsp3) is 0.444. The molecule has 0 fully saturated rings. The predicted octanol–water partition coefficient (Wildman–Crippen LogP) is 3.14. The molecule has 2 heterocycles. The minimum Gasteiger partial charge on any atom is -0.239 e. The van der Waals surface area contributed by atoms with Crippen molar-refractivity contribution in [1.29, 1.82) is 0 Å². The van der Waals surface area contributed by atoms with Crippen LogP contribution in [0.2, 0.25) is 0 Å². The molecule has 0 aliphatic heterocycles. The van der Waals surface area contributed by atoms with Gasteiger partial charge in [-0.05, 0) is 13.3 Å². The van der Waals surface area contributed by atoms with Crippen molar-refractivity contribution in [3.63, 3.8) is 0 Å². The first-order valence-electron chi connectivity index (χ1n) is 4.60. The minimum absolute atomic E-state index is 0.671. The van der Waals surface area contributed by atoms with E-state index in [1.54, 1.807) is 22.7 Å². The van der Waals surface area contributed by atoms with Crippen LogP contribution in [0, 0.1) is 6.92 Å². The third-order valence-electron chi connectivity index (χ3n) is 1.83. The van der Waals surface area contributed by atoms with Crippen molar-refractivity contribution in [3.05, 3.63) is 15.4 Å². The lowest BCUT2D eigenvalue weighted by Gasteiger charge is -1.88. The van der Waals surface area contributed by atoms with Gasteiger partial charge in [0.05, 0.1) is 5.01 Å². The first-order chi connectivity index (χ1) is 7.29. The number of rotatable bonds is 4. The summed E-state index contributed by atoms with van der Waals surface area (Å²) >= 11 is 8.86. The Balaban J connectivity index is 2.13. The second-order valence-corrected chi connectivity index (χ2v) is 5.55. The maximum absolute atomic E-state index is 5.62. The highest BCUT2D eigenvalue weighted by atomic mass is 35.5. The van der Waals surface area contributed by atoms with Crippen molar-refractivity contribution in [2.24, 2.45) is 0 Å². The Morgan fingerprint density at radius 2 is 2.27 bits per heavy atom. The molecule has 0 bridgehead atoms. The molecule has 0 N–H and O–H groups in total. The van der Waals surface area contributed by atoms with E-state index < -0.39 is 0 Å². The molecule has 2 aromatic rings. The number of hydrogen-bond acceptors (Lipinski definition) is 5. The van der Waals surface area contributed by atoms with E-state index >= 15 is 0 Å². The topological polar surface area (TPSA) is 38.7 Å². The molecule has 80 valence electrons. The Labute approximate surface area is 101 Å². The molecule has 0 unspecified atom stereocenters. The van der Waals surface area contributed by atoms with E-state index in [0.29, 0.717) is 5.88 Å². The summed E-state index contributed by atoms with van der Waals surface area (Å²) in [5.41, 5.74) is 0.937. The van der Waals surface area contributed by atoms with Gasteiger partial charge >= 0.3 is 0 Å². The van der Waals surface area contributed by atoms with Crippen LogP contribution in [0.25, 0.3) is 10.7 Å². The van der Waals surface area contributed by atoms with Gasteiger partial charge in [0.15, 0.2) is 5.01 Å². The van der Waals surface area contributed by atoms with Gasteiger partial charge in [0.2, 0.25) is 0 Å². The van der Waals surface area contributed by atoms with E-state index in [-0.39, 0.29) is 0 Å². The van der Waals surface area contributed by atoms with Crippen LogP contribution < -0.4 is 0 Å². The highest BCUT2D eigenvalue weighted by molar-refractivity contribution is 7.15. The van der Waals surface area contributed by atoms with Gasteiger partial charge in [-0.3, -0.25) is 0 Å². The Hall–Kier alpha value is -0.520. The lowest BCUT2D eigenvalue weighted by atomic mass is 10.4. The Morgan fingerprint density at radius 3 is 2.93 bits per heavy atom. The summed E-state index contributed by atoms with van der Waals surface area (Å²) in [6.07, 6.45) is 1.86. The molecule has 0 aliphatic rings. The van der Waals surface area contributed by atoms with E-state index in [4.69, 9.17) is 11.6 Å². The molecule has 6 heteroatoms. The molecule has 2 rings (SSSR count). The highest BCUT2D eigenvalue weighted by Crippen LogP contribution is 2.25. The predicted molar refractivity (Wildman–Crippen MR) is 64.8 cm³/mol. The fourth-order valence-electron chi connectivity index (χ4n) is 1.14. The summed E-state index contributed by atoms with van der Waals surface area (Å²) in [6.45, 7) is 1.99. The van der Waals surface area contributed by atoms with Crippen molar-refractivity contribution >= 4 is 34.3 Å². The number of hydrogen-bond donors (Lipinski definition) is 0. The molecule has 0 aromatic carbocycles. The van der Waals surface area contributed by atoms with Crippen LogP contribution in [0.4, 0.5) is 0 Å².